The second-order valence-electron chi connectivity index (χ2n) is 9.22. The molecule has 0 heterocycles. The van der Waals surface area contributed by atoms with Crippen LogP contribution >= 0.6 is 0 Å². The fourth-order valence-corrected chi connectivity index (χ4v) is 7.44. The molecule has 6 rings (SSSR count). The fraction of sp³-hybridized carbons (Fsp3) is 0.286. The van der Waals surface area contributed by atoms with Crippen molar-refractivity contribution in [2.24, 2.45) is 17.3 Å². The SMILES string of the molecule is N#C[C@@H]1[C@@H](C#N)[C@@]2(C#N)c3ccccc3[C@@]3(C#N)C4=C(CC=C[C@]412)C[C@H]3c1ccccc1. The molecule has 6 atom stereocenters. The van der Waals surface area contributed by atoms with Gasteiger partial charge in [0.2, 0.25) is 0 Å². The van der Waals surface area contributed by atoms with Gasteiger partial charge in [0.05, 0.1) is 41.5 Å². The lowest BCUT2D eigenvalue weighted by atomic mass is 9.29. The van der Waals surface area contributed by atoms with Crippen molar-refractivity contribution in [3.8, 4) is 24.3 Å². The highest BCUT2D eigenvalue weighted by Crippen LogP contribution is 2.79. The van der Waals surface area contributed by atoms with Gasteiger partial charge in [-0.05, 0) is 35.1 Å². The molecule has 0 bridgehead atoms. The summed E-state index contributed by atoms with van der Waals surface area (Å²) in [6.45, 7) is 0. The number of allylic oxidation sites excluding steroid dienone is 4. The van der Waals surface area contributed by atoms with Crippen LogP contribution in [-0.2, 0) is 10.8 Å². The molecule has 0 N–H and O–H groups in total. The Balaban J connectivity index is 1.78. The van der Waals surface area contributed by atoms with Crippen LogP contribution in [-0.4, -0.2) is 0 Å². The highest BCUT2D eigenvalue weighted by Gasteiger charge is 2.81. The number of rotatable bonds is 1. The summed E-state index contributed by atoms with van der Waals surface area (Å²) in [6, 6.07) is 27.7. The first-order chi connectivity index (χ1) is 15.7. The van der Waals surface area contributed by atoms with E-state index < -0.39 is 28.1 Å². The van der Waals surface area contributed by atoms with Gasteiger partial charge in [0.25, 0.3) is 0 Å². The molecule has 4 heteroatoms. The molecule has 0 unspecified atom stereocenters. The van der Waals surface area contributed by atoms with Gasteiger partial charge in [-0.15, -0.1) is 0 Å². The first-order valence-corrected chi connectivity index (χ1v) is 10.8. The molecule has 1 fully saturated rings. The van der Waals surface area contributed by atoms with Gasteiger partial charge in [-0.1, -0.05) is 72.3 Å². The molecule has 4 aliphatic rings. The number of benzene rings is 2. The molecule has 2 aromatic carbocycles. The minimum absolute atomic E-state index is 0.103. The molecule has 0 aliphatic heterocycles. The third kappa shape index (κ3) is 1.64. The van der Waals surface area contributed by atoms with Crippen LogP contribution in [0.25, 0.3) is 0 Å². The van der Waals surface area contributed by atoms with Gasteiger partial charge in [-0.2, -0.15) is 21.0 Å². The lowest BCUT2D eigenvalue weighted by molar-refractivity contribution is -0.00620. The Kier molecular flexibility index (Phi) is 3.48. The van der Waals surface area contributed by atoms with Crippen molar-refractivity contribution in [2.75, 3.05) is 0 Å². The lowest BCUT2D eigenvalue weighted by Crippen LogP contribution is -2.71. The van der Waals surface area contributed by atoms with Crippen LogP contribution < -0.4 is 0 Å². The number of nitrogens with zero attached hydrogens (tertiary/aromatic N) is 4. The predicted octanol–water partition coefficient (Wildman–Crippen LogP) is 4.95. The molecular formula is C28H18N4. The Bertz CT molecular complexity index is 1410. The number of fused-ring (bicyclic) bond motifs is 3. The Hall–Kier alpha value is -4.12. The van der Waals surface area contributed by atoms with Crippen molar-refractivity contribution < 1.29 is 0 Å². The van der Waals surface area contributed by atoms with Gasteiger partial charge < -0.3 is 0 Å². The van der Waals surface area contributed by atoms with Gasteiger partial charge >= 0.3 is 0 Å². The van der Waals surface area contributed by atoms with Crippen molar-refractivity contribution in [2.45, 2.75) is 29.6 Å². The second kappa shape index (κ2) is 5.98. The van der Waals surface area contributed by atoms with Crippen LogP contribution in [0.4, 0.5) is 0 Å². The second-order valence-corrected chi connectivity index (χ2v) is 9.22. The van der Waals surface area contributed by atoms with Crippen molar-refractivity contribution in [1.29, 1.82) is 21.0 Å². The van der Waals surface area contributed by atoms with Gasteiger partial charge in [-0.3, -0.25) is 0 Å². The monoisotopic (exact) mass is 410 g/mol. The van der Waals surface area contributed by atoms with Crippen molar-refractivity contribution in [1.82, 2.24) is 0 Å². The maximum absolute atomic E-state index is 10.9. The van der Waals surface area contributed by atoms with Gasteiger partial charge in [0, 0.05) is 5.92 Å². The Morgan fingerprint density at radius 2 is 1.47 bits per heavy atom. The van der Waals surface area contributed by atoms with Crippen LogP contribution in [0.15, 0.2) is 77.9 Å². The summed E-state index contributed by atoms with van der Waals surface area (Å²) in [5.41, 5.74) is 1.64. The summed E-state index contributed by atoms with van der Waals surface area (Å²) in [7, 11) is 0. The molecule has 0 radical (unpaired) electrons. The third-order valence-electron chi connectivity index (χ3n) is 8.43. The van der Waals surface area contributed by atoms with Crippen LogP contribution in [0.2, 0.25) is 0 Å². The van der Waals surface area contributed by atoms with E-state index in [4.69, 9.17) is 0 Å². The average Bonchev–Trinajstić information content (AvgIpc) is 3.20. The van der Waals surface area contributed by atoms with Crippen molar-refractivity contribution >= 4 is 0 Å². The molecular weight excluding hydrogens is 392 g/mol. The number of hydrogen-bond acceptors (Lipinski definition) is 4. The summed E-state index contributed by atoms with van der Waals surface area (Å²) in [4.78, 5) is 0. The maximum Gasteiger partial charge on any atom is 0.114 e. The van der Waals surface area contributed by atoms with Gasteiger partial charge in [0.15, 0.2) is 0 Å². The van der Waals surface area contributed by atoms with E-state index in [9.17, 15) is 21.0 Å². The van der Waals surface area contributed by atoms with E-state index in [1.54, 1.807) is 0 Å². The average molecular weight is 410 g/mol. The molecule has 1 saturated carbocycles. The fourth-order valence-electron chi connectivity index (χ4n) is 7.44. The zero-order valence-electron chi connectivity index (χ0n) is 17.3. The first kappa shape index (κ1) is 18.6. The molecule has 0 amide bonds. The molecule has 4 nitrogen and oxygen atoms in total. The third-order valence-corrected chi connectivity index (χ3v) is 8.43. The Labute approximate surface area is 186 Å². The largest absolute Gasteiger partial charge is 0.198 e. The van der Waals surface area contributed by atoms with Gasteiger partial charge in [-0.25, -0.2) is 0 Å². The minimum Gasteiger partial charge on any atom is -0.198 e. The summed E-state index contributed by atoms with van der Waals surface area (Å²) < 4.78 is 0. The minimum atomic E-state index is -1.16. The van der Waals surface area contributed by atoms with E-state index in [1.165, 1.54) is 0 Å². The molecule has 1 spiro atoms. The number of hydrogen-bond donors (Lipinski definition) is 0. The summed E-state index contributed by atoms with van der Waals surface area (Å²) in [5.74, 6) is -1.51. The number of nitriles is 4. The summed E-state index contributed by atoms with van der Waals surface area (Å²) in [6.07, 6.45) is 5.46. The van der Waals surface area contributed by atoms with Crippen molar-refractivity contribution in [3.63, 3.8) is 0 Å². The zero-order chi connectivity index (χ0) is 22.1. The van der Waals surface area contributed by atoms with E-state index in [1.807, 2.05) is 54.6 Å². The maximum atomic E-state index is 10.9. The van der Waals surface area contributed by atoms with Gasteiger partial charge in [0.1, 0.15) is 10.8 Å². The van der Waals surface area contributed by atoms with E-state index in [0.29, 0.717) is 12.8 Å². The van der Waals surface area contributed by atoms with Crippen LogP contribution in [0.5, 0.6) is 0 Å². The quantitative estimate of drug-likeness (QED) is 0.622. The standard InChI is InChI=1S/C28H18N4/c29-14-23-24(15-30)28(17-32)21-11-5-4-10-20(21)26(16-31)22(18-7-2-1-3-8-18)13-19-9-6-12-27(23,28)25(19)26/h1-8,10-12,22-24H,9,13H2/t22-,23+,24+,26+,27+,28+/m0/s1. The lowest BCUT2D eigenvalue weighted by Gasteiger charge is -2.67. The smallest absolute Gasteiger partial charge is 0.114 e. The van der Waals surface area contributed by atoms with E-state index in [0.717, 1.165) is 27.8 Å². The highest BCUT2D eigenvalue weighted by molar-refractivity contribution is 5.74. The highest BCUT2D eigenvalue weighted by atomic mass is 14.8. The molecule has 0 saturated heterocycles. The van der Waals surface area contributed by atoms with E-state index >= 15 is 0 Å². The Morgan fingerprint density at radius 1 is 0.781 bits per heavy atom. The summed E-state index contributed by atoms with van der Waals surface area (Å²) >= 11 is 0. The molecule has 150 valence electrons. The molecule has 0 aromatic heterocycles. The van der Waals surface area contributed by atoms with Crippen molar-refractivity contribution in [3.05, 3.63) is 94.6 Å². The van der Waals surface area contributed by atoms with Crippen LogP contribution in [0, 0.1) is 62.6 Å². The Morgan fingerprint density at radius 3 is 2.12 bits per heavy atom. The van der Waals surface area contributed by atoms with E-state index in [2.05, 4.69) is 36.4 Å². The zero-order valence-corrected chi connectivity index (χ0v) is 17.3. The molecule has 4 aliphatic carbocycles. The van der Waals surface area contributed by atoms with E-state index in [-0.39, 0.29) is 5.92 Å². The summed E-state index contributed by atoms with van der Waals surface area (Å²) in [5, 5.41) is 41.8. The topological polar surface area (TPSA) is 95.2 Å². The molecule has 32 heavy (non-hydrogen) atoms. The predicted molar refractivity (Wildman–Crippen MR) is 116 cm³/mol. The van der Waals surface area contributed by atoms with Crippen LogP contribution in [0.3, 0.4) is 0 Å². The first-order valence-electron chi connectivity index (χ1n) is 10.8. The molecule has 2 aromatic rings. The van der Waals surface area contributed by atoms with Crippen LogP contribution in [0.1, 0.15) is 35.4 Å². The normalized spacial score (nSPS) is 37.4.